The van der Waals surface area contributed by atoms with E-state index in [4.69, 9.17) is 0 Å². The minimum Gasteiger partial charge on any atom is -0.306 e. The topological polar surface area (TPSA) is 6.48 Å². The van der Waals surface area contributed by atoms with Gasteiger partial charge in [0.25, 0.3) is 0 Å². The van der Waals surface area contributed by atoms with Crippen molar-refractivity contribution in [2.45, 2.75) is 39.2 Å². The summed E-state index contributed by atoms with van der Waals surface area (Å²) < 4.78 is 0. The van der Waals surface area contributed by atoms with Crippen molar-refractivity contribution in [3.05, 3.63) is 0 Å². The Hall–Kier alpha value is -0.0800. The van der Waals surface area contributed by atoms with Crippen LogP contribution in [0.15, 0.2) is 0 Å². The van der Waals surface area contributed by atoms with Gasteiger partial charge in [-0.2, -0.15) is 0 Å². The fraction of sp³-hybridized carbons (Fsp3) is 1.00. The number of likely N-dealkylation sites (tertiary alicyclic amines) is 1. The molecule has 2 nitrogen and oxygen atoms in total. The lowest BCUT2D eigenvalue weighted by Crippen LogP contribution is -2.36. The van der Waals surface area contributed by atoms with Gasteiger partial charge in [0.2, 0.25) is 0 Å². The average molecular weight is 212 g/mol. The van der Waals surface area contributed by atoms with Gasteiger partial charge in [0.1, 0.15) is 0 Å². The van der Waals surface area contributed by atoms with Crippen LogP contribution in [0.2, 0.25) is 0 Å². The highest BCUT2D eigenvalue weighted by atomic mass is 15.1. The van der Waals surface area contributed by atoms with Crippen LogP contribution in [-0.4, -0.2) is 50.1 Å². The molecule has 1 aliphatic carbocycles. The maximum absolute atomic E-state index is 2.51. The van der Waals surface area contributed by atoms with Gasteiger partial charge in [-0.1, -0.05) is 13.8 Å². The average Bonchev–Trinajstić information content (AvgIpc) is 2.59. The van der Waals surface area contributed by atoms with Gasteiger partial charge in [-0.3, -0.25) is 0 Å². The molecule has 0 spiro atoms. The summed E-state index contributed by atoms with van der Waals surface area (Å²) in [6.07, 6.45) is 4.31. The van der Waals surface area contributed by atoms with Gasteiger partial charge in [0, 0.05) is 19.1 Å². The highest BCUT2D eigenvalue weighted by Crippen LogP contribution is 2.36. The molecule has 3 atom stereocenters. The summed E-state index contributed by atoms with van der Waals surface area (Å²) in [4.78, 5) is 4.92. The second kappa shape index (κ2) is 5.86. The second-order valence-electron chi connectivity index (χ2n) is 5.17. The molecule has 0 bridgehead atoms. The molecule has 0 amide bonds. The molecular formula is C13H28N2. The maximum atomic E-state index is 2.51. The molecule has 1 saturated heterocycles. The first-order valence-corrected chi connectivity index (χ1v) is 6.52. The summed E-state index contributed by atoms with van der Waals surface area (Å²) in [6, 6.07) is 0.854. The first kappa shape index (κ1) is 13.0. The summed E-state index contributed by atoms with van der Waals surface area (Å²) in [6.45, 7) is 6.69. The lowest BCUT2D eigenvalue weighted by molar-refractivity contribution is 0.162. The van der Waals surface area contributed by atoms with Crippen molar-refractivity contribution >= 4 is 0 Å². The molecule has 0 aromatic carbocycles. The summed E-state index contributed by atoms with van der Waals surface area (Å²) in [7, 11) is 6.72. The molecule has 1 aliphatic heterocycles. The molecule has 0 aromatic rings. The van der Waals surface area contributed by atoms with Crippen LogP contribution in [0, 0.1) is 11.8 Å². The Labute approximate surface area is 95.6 Å². The van der Waals surface area contributed by atoms with Crippen molar-refractivity contribution in [3.8, 4) is 0 Å². The van der Waals surface area contributed by atoms with E-state index in [-0.39, 0.29) is 0 Å². The highest BCUT2D eigenvalue weighted by molar-refractivity contribution is 4.90. The van der Waals surface area contributed by atoms with Crippen LogP contribution in [0.1, 0.15) is 33.1 Å². The third-order valence-corrected chi connectivity index (χ3v) is 3.93. The molecule has 0 aromatic heterocycles. The Kier molecular flexibility index (Phi) is 5.07. The summed E-state index contributed by atoms with van der Waals surface area (Å²) in [5.41, 5.74) is 0. The van der Waals surface area contributed by atoms with Crippen LogP contribution in [-0.2, 0) is 0 Å². The molecule has 90 valence electrons. The van der Waals surface area contributed by atoms with E-state index in [9.17, 15) is 0 Å². The molecule has 2 heteroatoms. The van der Waals surface area contributed by atoms with E-state index in [1.165, 1.54) is 32.4 Å². The zero-order valence-electron chi connectivity index (χ0n) is 11.2. The van der Waals surface area contributed by atoms with Crippen molar-refractivity contribution < 1.29 is 0 Å². The third kappa shape index (κ3) is 3.18. The van der Waals surface area contributed by atoms with Gasteiger partial charge in [0.05, 0.1) is 0 Å². The van der Waals surface area contributed by atoms with Crippen LogP contribution in [0.3, 0.4) is 0 Å². The summed E-state index contributed by atoms with van der Waals surface area (Å²) in [5.74, 6) is 2.01. The van der Waals surface area contributed by atoms with Gasteiger partial charge >= 0.3 is 0 Å². The predicted molar refractivity (Wildman–Crippen MR) is 67.2 cm³/mol. The monoisotopic (exact) mass is 212 g/mol. The highest BCUT2D eigenvalue weighted by Gasteiger charge is 2.36. The number of hydrogen-bond acceptors (Lipinski definition) is 2. The molecule has 1 heterocycles. The SMILES string of the molecule is CC.CN1CC2CCC(N(C)C)CC2C1. The van der Waals surface area contributed by atoms with Crippen LogP contribution in [0.5, 0.6) is 0 Å². The van der Waals surface area contributed by atoms with Crippen molar-refractivity contribution in [1.29, 1.82) is 0 Å². The Morgan fingerprint density at radius 2 is 1.60 bits per heavy atom. The molecule has 2 fully saturated rings. The maximum Gasteiger partial charge on any atom is 0.00925 e. The smallest absolute Gasteiger partial charge is 0.00925 e. The van der Waals surface area contributed by atoms with Gasteiger partial charge in [-0.05, 0) is 52.2 Å². The predicted octanol–water partition coefficient (Wildman–Crippen LogP) is 2.30. The quantitative estimate of drug-likeness (QED) is 0.658. The second-order valence-corrected chi connectivity index (χ2v) is 5.17. The van der Waals surface area contributed by atoms with Crippen molar-refractivity contribution in [3.63, 3.8) is 0 Å². The molecule has 3 unspecified atom stereocenters. The van der Waals surface area contributed by atoms with Gasteiger partial charge in [0.15, 0.2) is 0 Å². The van der Waals surface area contributed by atoms with Gasteiger partial charge in [-0.25, -0.2) is 0 Å². The summed E-state index contributed by atoms with van der Waals surface area (Å²) >= 11 is 0. The number of hydrogen-bond donors (Lipinski definition) is 0. The van der Waals surface area contributed by atoms with E-state index >= 15 is 0 Å². The fourth-order valence-electron chi connectivity index (χ4n) is 3.11. The van der Waals surface area contributed by atoms with Gasteiger partial charge in [-0.15, -0.1) is 0 Å². The van der Waals surface area contributed by atoms with Crippen molar-refractivity contribution in [2.24, 2.45) is 11.8 Å². The minimum atomic E-state index is 0.854. The van der Waals surface area contributed by atoms with Crippen molar-refractivity contribution in [2.75, 3.05) is 34.2 Å². The van der Waals surface area contributed by atoms with E-state index in [0.29, 0.717) is 0 Å². The van der Waals surface area contributed by atoms with Gasteiger partial charge < -0.3 is 9.80 Å². The van der Waals surface area contributed by atoms with E-state index in [2.05, 4.69) is 30.9 Å². The first-order valence-electron chi connectivity index (χ1n) is 6.52. The Morgan fingerprint density at radius 3 is 2.20 bits per heavy atom. The lowest BCUT2D eigenvalue weighted by Gasteiger charge is -2.34. The Balaban J connectivity index is 0.000000531. The van der Waals surface area contributed by atoms with Crippen LogP contribution in [0.25, 0.3) is 0 Å². The fourth-order valence-corrected chi connectivity index (χ4v) is 3.11. The van der Waals surface area contributed by atoms with Crippen LogP contribution >= 0.6 is 0 Å². The zero-order valence-corrected chi connectivity index (χ0v) is 11.2. The normalized spacial score (nSPS) is 36.0. The molecule has 2 aliphatic rings. The molecule has 1 saturated carbocycles. The molecule has 0 radical (unpaired) electrons. The Bertz CT molecular complexity index is 179. The van der Waals surface area contributed by atoms with E-state index < -0.39 is 0 Å². The van der Waals surface area contributed by atoms with Crippen LogP contribution < -0.4 is 0 Å². The lowest BCUT2D eigenvalue weighted by atomic mass is 9.79. The third-order valence-electron chi connectivity index (χ3n) is 3.93. The molecule has 15 heavy (non-hydrogen) atoms. The molecular weight excluding hydrogens is 184 g/mol. The number of nitrogens with zero attached hydrogens (tertiary/aromatic N) is 2. The van der Waals surface area contributed by atoms with E-state index in [1.54, 1.807) is 0 Å². The zero-order chi connectivity index (χ0) is 11.4. The summed E-state index contributed by atoms with van der Waals surface area (Å²) in [5, 5.41) is 0. The standard InChI is InChI=1S/C11H22N2.C2H6/c1-12(2)11-5-4-9-7-13(3)8-10(9)6-11;1-2/h9-11H,4-8H2,1-3H3;1-2H3. The Morgan fingerprint density at radius 1 is 1.00 bits per heavy atom. The largest absolute Gasteiger partial charge is 0.306 e. The minimum absolute atomic E-state index is 0.854. The first-order chi connectivity index (χ1) is 7.16. The van der Waals surface area contributed by atoms with Crippen molar-refractivity contribution in [1.82, 2.24) is 9.80 Å². The number of rotatable bonds is 1. The van der Waals surface area contributed by atoms with Crippen LogP contribution in [0.4, 0.5) is 0 Å². The van der Waals surface area contributed by atoms with E-state index in [1.807, 2.05) is 13.8 Å². The molecule has 2 rings (SSSR count). The number of fused-ring (bicyclic) bond motifs is 1. The molecule has 0 N–H and O–H groups in total. The van der Waals surface area contributed by atoms with E-state index in [0.717, 1.165) is 17.9 Å².